The van der Waals surface area contributed by atoms with Crippen LogP contribution in [0, 0.1) is 11.7 Å². The van der Waals surface area contributed by atoms with Gasteiger partial charge in [0.1, 0.15) is 32.7 Å². The van der Waals surface area contributed by atoms with Crippen LogP contribution in [0.2, 0.25) is 0 Å². The molecular weight excluding hydrogens is 392 g/mol. The van der Waals surface area contributed by atoms with Gasteiger partial charge >= 0.3 is 0 Å². The summed E-state index contributed by atoms with van der Waals surface area (Å²) in [6.07, 6.45) is 4.66. The van der Waals surface area contributed by atoms with E-state index >= 15 is 0 Å². The highest BCUT2D eigenvalue weighted by molar-refractivity contribution is 7.71. The first-order valence-corrected chi connectivity index (χ1v) is 11.4. The molecule has 30 heavy (non-hydrogen) atoms. The van der Waals surface area contributed by atoms with Gasteiger partial charge in [-0.25, -0.2) is 0 Å². The monoisotopic (exact) mass is 424 g/mol. The van der Waals surface area contributed by atoms with E-state index in [0.717, 1.165) is 55.4 Å². The van der Waals surface area contributed by atoms with Crippen LogP contribution in [-0.2, 0) is 19.8 Å². The second-order valence-electron chi connectivity index (χ2n) is 8.32. The van der Waals surface area contributed by atoms with Gasteiger partial charge in [-0.3, -0.25) is 9.55 Å². The van der Waals surface area contributed by atoms with Crippen LogP contribution in [0.4, 0.5) is 0 Å². The van der Waals surface area contributed by atoms with E-state index in [1.54, 1.807) is 9.80 Å². The Bertz CT molecular complexity index is 1020. The zero-order valence-electron chi connectivity index (χ0n) is 18.0. The lowest BCUT2D eigenvalue weighted by Gasteiger charge is -2.29. The number of benzene rings is 1. The van der Waals surface area contributed by atoms with Crippen LogP contribution >= 0.6 is 12.2 Å². The number of nitrogens with zero attached hydrogens (tertiary/aromatic N) is 4. The highest BCUT2D eigenvalue weighted by Crippen LogP contribution is 2.17. The van der Waals surface area contributed by atoms with Gasteiger partial charge in [0, 0.05) is 30.1 Å². The first-order valence-electron chi connectivity index (χ1n) is 10.9. The van der Waals surface area contributed by atoms with E-state index < -0.39 is 0 Å². The molecule has 0 amide bonds. The smallest absolute Gasteiger partial charge is 0.203 e. The second kappa shape index (κ2) is 9.64. The lowest BCUT2D eigenvalue weighted by molar-refractivity contribution is -1.03. The van der Waals surface area contributed by atoms with Crippen LogP contribution < -0.4 is 9.80 Å². The van der Waals surface area contributed by atoms with E-state index in [2.05, 4.69) is 47.7 Å². The predicted molar refractivity (Wildman–Crippen MR) is 121 cm³/mol. The Kier molecular flexibility index (Phi) is 6.72. The van der Waals surface area contributed by atoms with E-state index in [1.807, 2.05) is 29.2 Å². The van der Waals surface area contributed by atoms with Crippen LogP contribution in [-0.4, -0.2) is 45.5 Å². The molecule has 0 unspecified atom stereocenters. The third kappa shape index (κ3) is 4.86. The molecule has 3 heterocycles. The molecule has 1 fully saturated rings. The highest BCUT2D eigenvalue weighted by atomic mass is 32.1. The Hall–Kier alpha value is -2.35. The molecule has 3 aromatic rings. The van der Waals surface area contributed by atoms with Crippen molar-refractivity contribution in [1.82, 2.24) is 19.3 Å². The summed E-state index contributed by atoms with van der Waals surface area (Å²) in [7, 11) is 0. The molecule has 1 aromatic carbocycles. The molecule has 2 aromatic heterocycles. The SMILES string of the molecule is CCCn1c(-c2ccncc2)nn(C[NH+]2CC[NH+](Cc3cccc(C)c3)CC2)c1=S. The van der Waals surface area contributed by atoms with Gasteiger partial charge in [-0.05, 0) is 37.7 Å². The van der Waals surface area contributed by atoms with Gasteiger partial charge in [0.2, 0.25) is 4.77 Å². The van der Waals surface area contributed by atoms with E-state index in [1.165, 1.54) is 24.2 Å². The zero-order chi connectivity index (χ0) is 20.9. The maximum absolute atomic E-state index is 5.80. The lowest BCUT2D eigenvalue weighted by Crippen LogP contribution is -3.27. The quantitative estimate of drug-likeness (QED) is 0.559. The summed E-state index contributed by atoms with van der Waals surface area (Å²) in [5.74, 6) is 0.951. The first-order chi connectivity index (χ1) is 14.6. The number of quaternary nitrogens is 2. The summed E-state index contributed by atoms with van der Waals surface area (Å²) in [5.41, 5.74) is 3.86. The van der Waals surface area contributed by atoms with Crippen LogP contribution in [0.3, 0.4) is 0 Å². The molecule has 0 atom stereocenters. The molecule has 7 heteroatoms. The van der Waals surface area contributed by atoms with Crippen LogP contribution in [0.1, 0.15) is 24.5 Å². The number of piperazine rings is 1. The zero-order valence-corrected chi connectivity index (χ0v) is 18.8. The number of hydrogen-bond acceptors (Lipinski definition) is 3. The van der Waals surface area contributed by atoms with Crippen molar-refractivity contribution in [2.75, 3.05) is 26.2 Å². The van der Waals surface area contributed by atoms with Crippen molar-refractivity contribution < 1.29 is 9.80 Å². The Labute approximate surface area is 183 Å². The number of rotatable bonds is 7. The maximum atomic E-state index is 5.80. The van der Waals surface area contributed by atoms with Crippen molar-refractivity contribution in [3.63, 3.8) is 0 Å². The third-order valence-electron chi connectivity index (χ3n) is 5.88. The average molecular weight is 425 g/mol. The van der Waals surface area contributed by atoms with Crippen molar-refractivity contribution in [1.29, 1.82) is 0 Å². The van der Waals surface area contributed by atoms with Gasteiger partial charge in [-0.2, -0.15) is 4.68 Å². The number of hydrogen-bond donors (Lipinski definition) is 2. The largest absolute Gasteiger partial charge is 0.322 e. The number of aryl methyl sites for hydroxylation is 1. The Morgan fingerprint density at radius 2 is 1.77 bits per heavy atom. The number of pyridine rings is 1. The molecule has 0 saturated carbocycles. The minimum absolute atomic E-state index is 0.825. The Morgan fingerprint density at radius 3 is 2.47 bits per heavy atom. The van der Waals surface area contributed by atoms with Crippen LogP contribution in [0.5, 0.6) is 0 Å². The lowest BCUT2D eigenvalue weighted by atomic mass is 10.1. The maximum Gasteiger partial charge on any atom is 0.203 e. The predicted octanol–water partition coefficient (Wildman–Crippen LogP) is 1.14. The average Bonchev–Trinajstić information content (AvgIpc) is 3.06. The topological polar surface area (TPSA) is 44.5 Å². The second-order valence-corrected chi connectivity index (χ2v) is 8.68. The Morgan fingerprint density at radius 1 is 1.03 bits per heavy atom. The summed E-state index contributed by atoms with van der Waals surface area (Å²) < 4.78 is 5.02. The van der Waals surface area contributed by atoms with Crippen molar-refractivity contribution in [2.24, 2.45) is 0 Å². The minimum atomic E-state index is 0.825. The minimum Gasteiger partial charge on any atom is -0.322 e. The number of nitrogens with one attached hydrogen (secondary N) is 2. The standard InChI is InChI=1S/C23H30N6S/c1-3-11-28-22(21-7-9-24-10-8-21)25-29(23(28)30)18-27-14-12-26(13-15-27)17-20-6-4-5-19(2)16-20/h4-10,16H,3,11-15,17-18H2,1-2H3/p+2. The van der Waals surface area contributed by atoms with Gasteiger partial charge in [0.25, 0.3) is 0 Å². The molecule has 1 aliphatic heterocycles. The molecule has 0 spiro atoms. The molecule has 158 valence electrons. The molecule has 1 aliphatic rings. The molecule has 6 nitrogen and oxygen atoms in total. The fraction of sp³-hybridized carbons (Fsp3) is 0.435. The third-order valence-corrected chi connectivity index (χ3v) is 6.31. The number of aromatic nitrogens is 4. The van der Waals surface area contributed by atoms with Gasteiger partial charge in [0.15, 0.2) is 12.5 Å². The van der Waals surface area contributed by atoms with E-state index in [-0.39, 0.29) is 0 Å². The normalized spacial score (nSPS) is 19.1. The molecule has 4 rings (SSSR count). The Balaban J connectivity index is 1.42. The summed E-state index contributed by atoms with van der Waals surface area (Å²) in [4.78, 5) is 7.36. The molecule has 0 aliphatic carbocycles. The summed E-state index contributed by atoms with van der Waals surface area (Å²) in [6.45, 7) is 11.9. The van der Waals surface area contributed by atoms with Crippen molar-refractivity contribution in [2.45, 2.75) is 40.0 Å². The van der Waals surface area contributed by atoms with Crippen LogP contribution in [0.15, 0.2) is 48.8 Å². The first kappa shape index (κ1) is 20.9. The van der Waals surface area contributed by atoms with E-state index in [9.17, 15) is 0 Å². The van der Waals surface area contributed by atoms with E-state index in [4.69, 9.17) is 17.3 Å². The fourth-order valence-corrected chi connectivity index (χ4v) is 4.58. The van der Waals surface area contributed by atoms with Crippen molar-refractivity contribution in [3.8, 4) is 11.4 Å². The van der Waals surface area contributed by atoms with Crippen LogP contribution in [0.25, 0.3) is 11.4 Å². The molecular formula is C23H32N6S+2. The van der Waals surface area contributed by atoms with Crippen molar-refractivity contribution >= 4 is 12.2 Å². The summed E-state index contributed by atoms with van der Waals surface area (Å²) in [5, 5.41) is 4.91. The molecule has 0 radical (unpaired) electrons. The van der Waals surface area contributed by atoms with E-state index in [0.29, 0.717) is 0 Å². The summed E-state index contributed by atoms with van der Waals surface area (Å²) in [6, 6.07) is 12.9. The van der Waals surface area contributed by atoms with Gasteiger partial charge in [-0.15, -0.1) is 5.10 Å². The fourth-order valence-electron chi connectivity index (χ4n) is 4.30. The summed E-state index contributed by atoms with van der Waals surface area (Å²) >= 11 is 5.80. The van der Waals surface area contributed by atoms with Gasteiger partial charge in [-0.1, -0.05) is 36.8 Å². The van der Waals surface area contributed by atoms with Gasteiger partial charge in [0.05, 0.1) is 0 Å². The molecule has 0 bridgehead atoms. The highest BCUT2D eigenvalue weighted by Gasteiger charge is 2.24. The molecule has 1 saturated heterocycles. The van der Waals surface area contributed by atoms with Crippen molar-refractivity contribution in [3.05, 3.63) is 64.7 Å². The molecule has 2 N–H and O–H groups in total. The van der Waals surface area contributed by atoms with Gasteiger partial charge < -0.3 is 9.80 Å².